The summed E-state index contributed by atoms with van der Waals surface area (Å²) < 4.78 is 14.0. The maximum absolute atomic E-state index is 13.1. The normalized spacial score (nSPS) is 15.7. The van der Waals surface area contributed by atoms with Crippen LogP contribution < -0.4 is 0 Å². The molecule has 1 aromatic rings. The molecular formula is C9H10BrFO. The van der Waals surface area contributed by atoms with E-state index in [0.717, 1.165) is 4.47 Å². The summed E-state index contributed by atoms with van der Waals surface area (Å²) in [5.74, 6) is 0. The average Bonchev–Trinajstić information content (AvgIpc) is 2.04. The molecule has 0 unspecified atom stereocenters. The van der Waals surface area contributed by atoms with Crippen LogP contribution in [0.5, 0.6) is 0 Å². The molecule has 2 atom stereocenters. The van der Waals surface area contributed by atoms with Crippen molar-refractivity contribution in [1.29, 1.82) is 0 Å². The summed E-state index contributed by atoms with van der Waals surface area (Å²) >= 11 is 3.25. The lowest BCUT2D eigenvalue weighted by Crippen LogP contribution is -2.09. The SMILES string of the molecule is C[C@@H](O)[C@H](F)c1ccc(Br)cc1. The first-order valence-corrected chi connectivity index (χ1v) is 4.48. The van der Waals surface area contributed by atoms with Crippen molar-refractivity contribution in [3.8, 4) is 0 Å². The molecule has 0 bridgehead atoms. The molecule has 0 saturated heterocycles. The van der Waals surface area contributed by atoms with Gasteiger partial charge < -0.3 is 5.11 Å². The fourth-order valence-corrected chi connectivity index (χ4v) is 1.19. The van der Waals surface area contributed by atoms with Gasteiger partial charge in [0, 0.05) is 4.47 Å². The van der Waals surface area contributed by atoms with Crippen LogP contribution in [0.3, 0.4) is 0 Å². The molecule has 0 heterocycles. The maximum Gasteiger partial charge on any atom is 0.151 e. The average molecular weight is 233 g/mol. The highest BCUT2D eigenvalue weighted by atomic mass is 79.9. The van der Waals surface area contributed by atoms with Crippen LogP contribution in [0.15, 0.2) is 28.7 Å². The summed E-state index contributed by atoms with van der Waals surface area (Å²) in [6.45, 7) is 1.44. The van der Waals surface area contributed by atoms with Crippen molar-refractivity contribution in [2.45, 2.75) is 19.2 Å². The smallest absolute Gasteiger partial charge is 0.151 e. The second-order valence-electron chi connectivity index (χ2n) is 2.69. The van der Waals surface area contributed by atoms with Gasteiger partial charge in [0.05, 0.1) is 6.10 Å². The molecule has 3 heteroatoms. The van der Waals surface area contributed by atoms with E-state index < -0.39 is 12.3 Å². The predicted molar refractivity (Wildman–Crippen MR) is 49.7 cm³/mol. The Morgan fingerprint density at radius 1 is 1.33 bits per heavy atom. The molecule has 1 aromatic carbocycles. The predicted octanol–water partition coefficient (Wildman–Crippen LogP) is 2.84. The number of aliphatic hydroxyl groups is 1. The van der Waals surface area contributed by atoms with E-state index in [4.69, 9.17) is 5.11 Å². The van der Waals surface area contributed by atoms with Gasteiger partial charge in [-0.25, -0.2) is 4.39 Å². The van der Waals surface area contributed by atoms with Gasteiger partial charge in [-0.2, -0.15) is 0 Å². The third-order valence-corrected chi connectivity index (χ3v) is 2.14. The van der Waals surface area contributed by atoms with Gasteiger partial charge in [0.2, 0.25) is 0 Å². The maximum atomic E-state index is 13.1. The van der Waals surface area contributed by atoms with Gasteiger partial charge >= 0.3 is 0 Å². The number of rotatable bonds is 2. The molecule has 0 aliphatic heterocycles. The van der Waals surface area contributed by atoms with Crippen LogP contribution in [0, 0.1) is 0 Å². The molecule has 0 aliphatic rings. The zero-order chi connectivity index (χ0) is 9.14. The molecule has 0 spiro atoms. The third kappa shape index (κ3) is 2.29. The molecular weight excluding hydrogens is 223 g/mol. The Balaban J connectivity index is 2.82. The Kier molecular flexibility index (Phi) is 3.23. The minimum absolute atomic E-state index is 0.508. The third-order valence-electron chi connectivity index (χ3n) is 1.61. The minimum atomic E-state index is -1.29. The molecule has 0 amide bonds. The highest BCUT2D eigenvalue weighted by molar-refractivity contribution is 9.10. The Morgan fingerprint density at radius 2 is 1.83 bits per heavy atom. The number of halogens is 2. The first kappa shape index (κ1) is 9.68. The molecule has 0 aromatic heterocycles. The van der Waals surface area contributed by atoms with Gasteiger partial charge in [0.1, 0.15) is 0 Å². The summed E-state index contributed by atoms with van der Waals surface area (Å²) in [7, 11) is 0. The van der Waals surface area contributed by atoms with Gasteiger partial charge in [-0.15, -0.1) is 0 Å². The lowest BCUT2D eigenvalue weighted by molar-refractivity contribution is 0.0933. The fraction of sp³-hybridized carbons (Fsp3) is 0.333. The van der Waals surface area contributed by atoms with Crippen molar-refractivity contribution in [1.82, 2.24) is 0 Å². The lowest BCUT2D eigenvalue weighted by atomic mass is 10.1. The van der Waals surface area contributed by atoms with Crippen molar-refractivity contribution in [3.05, 3.63) is 34.3 Å². The van der Waals surface area contributed by atoms with Crippen molar-refractivity contribution < 1.29 is 9.50 Å². The highest BCUT2D eigenvalue weighted by Gasteiger charge is 2.14. The Morgan fingerprint density at radius 3 is 2.25 bits per heavy atom. The summed E-state index contributed by atoms with van der Waals surface area (Å²) in [4.78, 5) is 0. The van der Waals surface area contributed by atoms with Gasteiger partial charge in [0.25, 0.3) is 0 Å². The molecule has 0 saturated carbocycles. The van der Waals surface area contributed by atoms with Gasteiger partial charge in [-0.05, 0) is 24.6 Å². The van der Waals surface area contributed by atoms with Crippen molar-refractivity contribution in [3.63, 3.8) is 0 Å². The summed E-state index contributed by atoms with van der Waals surface area (Å²) in [5.41, 5.74) is 0.508. The van der Waals surface area contributed by atoms with E-state index in [9.17, 15) is 4.39 Å². The topological polar surface area (TPSA) is 20.2 Å². The van der Waals surface area contributed by atoms with Crippen LogP contribution in [0.2, 0.25) is 0 Å². The molecule has 1 nitrogen and oxygen atoms in total. The fourth-order valence-electron chi connectivity index (χ4n) is 0.925. The quantitative estimate of drug-likeness (QED) is 0.832. The van der Waals surface area contributed by atoms with Crippen LogP contribution in [0.1, 0.15) is 18.7 Å². The van der Waals surface area contributed by atoms with Crippen molar-refractivity contribution >= 4 is 15.9 Å². The van der Waals surface area contributed by atoms with Crippen LogP contribution in [-0.2, 0) is 0 Å². The Hall–Kier alpha value is -0.410. The number of benzene rings is 1. The van der Waals surface area contributed by atoms with E-state index in [2.05, 4.69) is 15.9 Å². The largest absolute Gasteiger partial charge is 0.390 e. The van der Waals surface area contributed by atoms with Crippen molar-refractivity contribution in [2.24, 2.45) is 0 Å². The van der Waals surface area contributed by atoms with Gasteiger partial charge in [0.15, 0.2) is 6.17 Å². The first-order chi connectivity index (χ1) is 5.61. The molecule has 1 N–H and O–H groups in total. The van der Waals surface area contributed by atoms with E-state index >= 15 is 0 Å². The zero-order valence-corrected chi connectivity index (χ0v) is 8.25. The zero-order valence-electron chi connectivity index (χ0n) is 6.67. The van der Waals surface area contributed by atoms with E-state index in [1.54, 1.807) is 24.3 Å². The van der Waals surface area contributed by atoms with Gasteiger partial charge in [-0.1, -0.05) is 28.1 Å². The van der Waals surface area contributed by atoms with E-state index in [1.165, 1.54) is 6.92 Å². The van der Waals surface area contributed by atoms with E-state index in [1.807, 2.05) is 0 Å². The molecule has 66 valence electrons. The minimum Gasteiger partial charge on any atom is -0.390 e. The van der Waals surface area contributed by atoms with Crippen LogP contribution >= 0.6 is 15.9 Å². The standard InChI is InChI=1S/C9H10BrFO/c1-6(12)9(11)7-2-4-8(10)5-3-7/h2-6,9,12H,1H3/t6-,9+/m1/s1. The molecule has 0 fully saturated rings. The summed E-state index contributed by atoms with van der Waals surface area (Å²) in [6, 6.07) is 6.82. The molecule has 12 heavy (non-hydrogen) atoms. The second kappa shape index (κ2) is 4.01. The van der Waals surface area contributed by atoms with Crippen LogP contribution in [-0.4, -0.2) is 11.2 Å². The number of alkyl halides is 1. The monoisotopic (exact) mass is 232 g/mol. The van der Waals surface area contributed by atoms with E-state index in [0.29, 0.717) is 5.56 Å². The van der Waals surface area contributed by atoms with Crippen molar-refractivity contribution in [2.75, 3.05) is 0 Å². The second-order valence-corrected chi connectivity index (χ2v) is 3.61. The first-order valence-electron chi connectivity index (χ1n) is 3.69. The number of hydrogen-bond donors (Lipinski definition) is 1. The Labute approximate surface area is 79.4 Å². The Bertz CT molecular complexity index is 245. The highest BCUT2D eigenvalue weighted by Crippen LogP contribution is 2.22. The number of aliphatic hydroxyl groups excluding tert-OH is 1. The van der Waals surface area contributed by atoms with E-state index in [-0.39, 0.29) is 0 Å². The van der Waals surface area contributed by atoms with Crippen LogP contribution in [0.25, 0.3) is 0 Å². The lowest BCUT2D eigenvalue weighted by Gasteiger charge is -2.10. The molecule has 0 radical (unpaired) electrons. The molecule has 0 aliphatic carbocycles. The molecule has 1 rings (SSSR count). The van der Waals surface area contributed by atoms with Gasteiger partial charge in [-0.3, -0.25) is 0 Å². The number of hydrogen-bond acceptors (Lipinski definition) is 1. The summed E-state index contributed by atoms with van der Waals surface area (Å²) in [6.07, 6.45) is -2.25. The summed E-state index contributed by atoms with van der Waals surface area (Å²) in [5, 5.41) is 8.96. The van der Waals surface area contributed by atoms with Crippen LogP contribution in [0.4, 0.5) is 4.39 Å².